The number of carbonyl (C=O) groups is 4. The topological polar surface area (TPSA) is 168 Å². The van der Waals surface area contributed by atoms with Crippen molar-refractivity contribution in [2.24, 2.45) is 11.5 Å². The maximum absolute atomic E-state index is 14.5. The maximum atomic E-state index is 14.5. The quantitative estimate of drug-likeness (QED) is 0.0688. The zero-order valence-corrected chi connectivity index (χ0v) is 31.5. The number of hydrogen-bond acceptors (Lipinski definition) is 6. The van der Waals surface area contributed by atoms with Crippen molar-refractivity contribution >= 4 is 55.9 Å². The molecule has 0 bridgehead atoms. The molecule has 0 fully saturated rings. The van der Waals surface area contributed by atoms with Gasteiger partial charge in [0.15, 0.2) is 0 Å². The molecule has 6 rings (SSSR count). The van der Waals surface area contributed by atoms with Gasteiger partial charge in [-0.3, -0.25) is 19.2 Å². The second-order valence-electron chi connectivity index (χ2n) is 14.2. The molecule has 56 heavy (non-hydrogen) atoms. The summed E-state index contributed by atoms with van der Waals surface area (Å²) in [6.07, 6.45) is 1.78. The van der Waals surface area contributed by atoms with Crippen LogP contribution in [0.2, 0.25) is 0 Å². The molecular weight excluding hydrogens is 701 g/mol. The lowest BCUT2D eigenvalue weighted by Crippen LogP contribution is -2.58. The Morgan fingerprint density at radius 3 is 1.23 bits per heavy atom. The van der Waals surface area contributed by atoms with Crippen LogP contribution in [0.15, 0.2) is 127 Å². The molecule has 0 aromatic heterocycles. The van der Waals surface area contributed by atoms with Crippen LogP contribution in [0, 0.1) is 0 Å². The van der Waals surface area contributed by atoms with Crippen LogP contribution in [-0.2, 0) is 38.4 Å². The standard InChI is InChI=1S/C46H50N6O4/c47-22-7-15-43(53)50-41(29-32-17-20-35-10-2-5-13-38(35)26-32)45(55)52-42(30-33-18-21-36-11-3-6-14-39(36)27-33)46(56)51-40(44(54)49-24-8-23-48)28-31-16-19-34-9-1-4-12-37(34)25-31/h1-6,9-14,16-21,25-27,40-42H,7-8,15,22-24,28-30,47-48H2,(H,49,54)(H,50,53)(H,51,56)(H,52,55)/t40-,41+,42+/m0/s1. The number of hydrogen-bond donors (Lipinski definition) is 6. The van der Waals surface area contributed by atoms with E-state index in [2.05, 4.69) is 21.3 Å². The Hall–Kier alpha value is -6.10. The van der Waals surface area contributed by atoms with Gasteiger partial charge < -0.3 is 32.7 Å². The van der Waals surface area contributed by atoms with Crippen LogP contribution in [0.5, 0.6) is 0 Å². The molecule has 0 saturated heterocycles. The molecule has 0 unspecified atom stereocenters. The van der Waals surface area contributed by atoms with Gasteiger partial charge in [0.2, 0.25) is 23.6 Å². The van der Waals surface area contributed by atoms with Crippen molar-refractivity contribution in [3.8, 4) is 0 Å². The molecule has 288 valence electrons. The van der Waals surface area contributed by atoms with Crippen LogP contribution in [-0.4, -0.2) is 61.4 Å². The summed E-state index contributed by atoms with van der Waals surface area (Å²) in [4.78, 5) is 55.5. The minimum Gasteiger partial charge on any atom is -0.354 e. The molecule has 10 nitrogen and oxygen atoms in total. The summed E-state index contributed by atoms with van der Waals surface area (Å²) in [7, 11) is 0. The van der Waals surface area contributed by atoms with E-state index in [0.29, 0.717) is 32.5 Å². The lowest BCUT2D eigenvalue weighted by Gasteiger charge is -2.26. The molecule has 8 N–H and O–H groups in total. The van der Waals surface area contributed by atoms with Crippen LogP contribution in [0.3, 0.4) is 0 Å². The van der Waals surface area contributed by atoms with Gasteiger partial charge in [-0.05, 0) is 74.9 Å². The zero-order chi connectivity index (χ0) is 39.3. The lowest BCUT2D eigenvalue weighted by molar-refractivity contribution is -0.133. The highest BCUT2D eigenvalue weighted by Crippen LogP contribution is 2.20. The molecule has 0 spiro atoms. The zero-order valence-electron chi connectivity index (χ0n) is 31.5. The minimum atomic E-state index is -1.08. The van der Waals surface area contributed by atoms with E-state index in [-0.39, 0.29) is 37.5 Å². The van der Waals surface area contributed by atoms with Crippen LogP contribution in [0.4, 0.5) is 0 Å². The van der Waals surface area contributed by atoms with Crippen molar-refractivity contribution in [2.45, 2.75) is 56.7 Å². The van der Waals surface area contributed by atoms with E-state index in [9.17, 15) is 19.2 Å². The van der Waals surface area contributed by atoms with E-state index in [1.807, 2.05) is 127 Å². The minimum absolute atomic E-state index is 0.143. The summed E-state index contributed by atoms with van der Waals surface area (Å²) in [5.41, 5.74) is 13.9. The SMILES string of the molecule is NCCCNC(=O)[C@H](Cc1ccc2ccccc2c1)NC(=O)[C@@H](Cc1ccc2ccccc2c1)NC(=O)[C@@H](Cc1ccc2ccccc2c1)NC(=O)CCCN. The van der Waals surface area contributed by atoms with Gasteiger partial charge in [-0.2, -0.15) is 0 Å². The van der Waals surface area contributed by atoms with Crippen molar-refractivity contribution in [1.29, 1.82) is 0 Å². The lowest BCUT2D eigenvalue weighted by atomic mass is 9.98. The molecule has 0 saturated carbocycles. The average Bonchev–Trinajstić information content (AvgIpc) is 3.22. The third-order valence-electron chi connectivity index (χ3n) is 9.97. The highest BCUT2D eigenvalue weighted by atomic mass is 16.2. The van der Waals surface area contributed by atoms with Gasteiger partial charge >= 0.3 is 0 Å². The largest absolute Gasteiger partial charge is 0.354 e. The molecular formula is C46H50N6O4. The molecule has 3 atom stereocenters. The smallest absolute Gasteiger partial charge is 0.243 e. The predicted octanol–water partition coefficient (Wildman–Crippen LogP) is 4.83. The first-order valence-electron chi connectivity index (χ1n) is 19.3. The number of fused-ring (bicyclic) bond motifs is 3. The maximum Gasteiger partial charge on any atom is 0.243 e. The van der Waals surface area contributed by atoms with Gasteiger partial charge in [-0.25, -0.2) is 0 Å². The van der Waals surface area contributed by atoms with Gasteiger partial charge in [-0.15, -0.1) is 0 Å². The Kier molecular flexibility index (Phi) is 13.8. The van der Waals surface area contributed by atoms with Crippen molar-refractivity contribution in [2.75, 3.05) is 19.6 Å². The third-order valence-corrected chi connectivity index (χ3v) is 9.97. The number of nitrogens with two attached hydrogens (primary N) is 2. The molecule has 0 aliphatic rings. The van der Waals surface area contributed by atoms with Crippen molar-refractivity contribution in [3.63, 3.8) is 0 Å². The van der Waals surface area contributed by atoms with Crippen LogP contribution in [0.25, 0.3) is 32.3 Å². The van der Waals surface area contributed by atoms with Gasteiger partial charge in [0.1, 0.15) is 18.1 Å². The second kappa shape index (κ2) is 19.5. The number of nitrogens with one attached hydrogen (secondary N) is 4. The first-order chi connectivity index (χ1) is 27.3. The van der Waals surface area contributed by atoms with Gasteiger partial charge in [0.25, 0.3) is 0 Å². The molecule has 0 aliphatic carbocycles. The summed E-state index contributed by atoms with van der Waals surface area (Å²) >= 11 is 0. The first-order valence-corrected chi connectivity index (χ1v) is 19.3. The Morgan fingerprint density at radius 2 is 0.821 bits per heavy atom. The van der Waals surface area contributed by atoms with Gasteiger partial charge in [0, 0.05) is 32.2 Å². The highest BCUT2D eigenvalue weighted by Gasteiger charge is 2.30. The van der Waals surface area contributed by atoms with Crippen LogP contribution >= 0.6 is 0 Å². The van der Waals surface area contributed by atoms with E-state index in [1.54, 1.807) is 0 Å². The van der Waals surface area contributed by atoms with Gasteiger partial charge in [-0.1, -0.05) is 127 Å². The monoisotopic (exact) mass is 750 g/mol. The molecule has 0 aliphatic heterocycles. The molecule has 6 aromatic carbocycles. The summed E-state index contributed by atoms with van der Waals surface area (Å²) in [6, 6.07) is 38.6. The molecule has 6 aromatic rings. The Morgan fingerprint density at radius 1 is 0.446 bits per heavy atom. The average molecular weight is 751 g/mol. The first kappa shape index (κ1) is 39.6. The fourth-order valence-corrected chi connectivity index (χ4v) is 6.94. The fourth-order valence-electron chi connectivity index (χ4n) is 6.94. The summed E-state index contributed by atoms with van der Waals surface area (Å²) in [5, 5.41) is 18.0. The summed E-state index contributed by atoms with van der Waals surface area (Å²) in [6.45, 7) is 1.10. The molecule has 0 heterocycles. The normalized spacial score (nSPS) is 12.8. The highest BCUT2D eigenvalue weighted by molar-refractivity contribution is 5.95. The van der Waals surface area contributed by atoms with E-state index >= 15 is 0 Å². The second-order valence-corrected chi connectivity index (χ2v) is 14.2. The van der Waals surface area contributed by atoms with Gasteiger partial charge in [0.05, 0.1) is 0 Å². The van der Waals surface area contributed by atoms with E-state index < -0.39 is 29.9 Å². The number of benzene rings is 6. The predicted molar refractivity (Wildman–Crippen MR) is 224 cm³/mol. The number of amides is 4. The summed E-state index contributed by atoms with van der Waals surface area (Å²) in [5.74, 6) is -1.70. The van der Waals surface area contributed by atoms with E-state index in [4.69, 9.17) is 11.5 Å². The molecule has 4 amide bonds. The van der Waals surface area contributed by atoms with E-state index in [0.717, 1.165) is 49.0 Å². The Labute approximate surface area is 327 Å². The van der Waals surface area contributed by atoms with Crippen molar-refractivity contribution in [3.05, 3.63) is 144 Å². The Balaban J connectivity index is 1.29. The fraction of sp³-hybridized carbons (Fsp3) is 0.261. The van der Waals surface area contributed by atoms with Crippen LogP contribution < -0.4 is 32.7 Å². The Bertz CT molecular complexity index is 2310. The summed E-state index contributed by atoms with van der Waals surface area (Å²) < 4.78 is 0. The number of rotatable bonds is 18. The molecule has 10 heteroatoms. The van der Waals surface area contributed by atoms with Crippen LogP contribution in [0.1, 0.15) is 36.0 Å². The van der Waals surface area contributed by atoms with Crippen molar-refractivity contribution in [1.82, 2.24) is 21.3 Å². The van der Waals surface area contributed by atoms with Crippen molar-refractivity contribution < 1.29 is 19.2 Å². The van der Waals surface area contributed by atoms with E-state index in [1.165, 1.54) is 0 Å². The molecule has 0 radical (unpaired) electrons. The number of carbonyl (C=O) groups excluding carboxylic acids is 4. The third kappa shape index (κ3) is 10.8.